The van der Waals surface area contributed by atoms with Crippen LogP contribution in [0.2, 0.25) is 0 Å². The Morgan fingerprint density at radius 2 is 2.22 bits per heavy atom. The highest BCUT2D eigenvalue weighted by Gasteiger charge is 2.25. The van der Waals surface area contributed by atoms with E-state index in [1.807, 2.05) is 6.08 Å². The first-order chi connectivity index (χ1) is 8.46. The Balaban J connectivity index is 2.06. The van der Waals surface area contributed by atoms with Gasteiger partial charge in [-0.25, -0.2) is 4.79 Å². The van der Waals surface area contributed by atoms with Crippen molar-refractivity contribution in [1.82, 2.24) is 0 Å². The quantitative estimate of drug-likeness (QED) is 0.593. The first kappa shape index (κ1) is 12.6. The molecule has 1 heterocycles. The highest BCUT2D eigenvalue weighted by atomic mass is 16.7. The van der Waals surface area contributed by atoms with Crippen molar-refractivity contribution in [1.29, 1.82) is 0 Å². The first-order valence-corrected chi connectivity index (χ1v) is 5.95. The molecule has 18 heavy (non-hydrogen) atoms. The Labute approximate surface area is 106 Å². The minimum atomic E-state index is -0.568. The van der Waals surface area contributed by atoms with E-state index in [0.717, 1.165) is 18.6 Å². The molecule has 0 saturated carbocycles. The van der Waals surface area contributed by atoms with Gasteiger partial charge in [0.2, 0.25) is 5.76 Å². The second-order valence-electron chi connectivity index (χ2n) is 5.45. The number of furan rings is 1. The Hall–Kier alpha value is -1.84. The molecule has 0 aliphatic heterocycles. The monoisotopic (exact) mass is 247 g/mol. The lowest BCUT2D eigenvalue weighted by molar-refractivity contribution is 0.0478. The standard InChI is InChI=1S/C14H17NO3/c1-10-7-11(9-14(2,3)8-10)15-18-13(16)12-5-4-6-17-12/h4-7H,8-9H2,1-3H3. The second-order valence-corrected chi connectivity index (χ2v) is 5.45. The van der Waals surface area contributed by atoms with Gasteiger partial charge in [-0.15, -0.1) is 0 Å². The zero-order valence-electron chi connectivity index (χ0n) is 10.9. The SMILES string of the molecule is CC1=CC(=NOC(=O)c2ccco2)CC(C)(C)C1. The van der Waals surface area contributed by atoms with Gasteiger partial charge in [0.25, 0.3) is 0 Å². The lowest BCUT2D eigenvalue weighted by Gasteiger charge is -2.28. The molecule has 0 radical (unpaired) electrons. The summed E-state index contributed by atoms with van der Waals surface area (Å²) in [6.07, 6.45) is 5.24. The largest absolute Gasteiger partial charge is 0.457 e. The number of hydrogen-bond acceptors (Lipinski definition) is 4. The van der Waals surface area contributed by atoms with Crippen LogP contribution in [-0.2, 0) is 4.84 Å². The Bertz CT molecular complexity index is 495. The van der Waals surface area contributed by atoms with Gasteiger partial charge in [0.15, 0.2) is 0 Å². The number of nitrogens with zero attached hydrogens (tertiary/aromatic N) is 1. The van der Waals surface area contributed by atoms with Crippen molar-refractivity contribution in [2.45, 2.75) is 33.6 Å². The van der Waals surface area contributed by atoms with Crippen molar-refractivity contribution >= 4 is 11.7 Å². The van der Waals surface area contributed by atoms with Gasteiger partial charge < -0.3 is 9.25 Å². The molecular formula is C14H17NO3. The average Bonchev–Trinajstić information content (AvgIpc) is 2.76. The van der Waals surface area contributed by atoms with Crippen LogP contribution >= 0.6 is 0 Å². The minimum absolute atomic E-state index is 0.161. The summed E-state index contributed by atoms with van der Waals surface area (Å²) < 4.78 is 4.94. The number of oxime groups is 1. The van der Waals surface area contributed by atoms with E-state index in [1.165, 1.54) is 11.8 Å². The fourth-order valence-corrected chi connectivity index (χ4v) is 2.29. The summed E-state index contributed by atoms with van der Waals surface area (Å²) in [5.74, 6) is -0.406. The highest BCUT2D eigenvalue weighted by molar-refractivity contribution is 5.97. The van der Waals surface area contributed by atoms with Gasteiger partial charge >= 0.3 is 5.97 Å². The van der Waals surface area contributed by atoms with Crippen LogP contribution in [0.15, 0.2) is 39.6 Å². The van der Waals surface area contributed by atoms with Crippen LogP contribution < -0.4 is 0 Å². The summed E-state index contributed by atoms with van der Waals surface area (Å²) >= 11 is 0. The van der Waals surface area contributed by atoms with Crippen molar-refractivity contribution in [3.8, 4) is 0 Å². The molecule has 0 aromatic carbocycles. The van der Waals surface area contributed by atoms with Gasteiger partial charge in [0, 0.05) is 0 Å². The van der Waals surface area contributed by atoms with E-state index >= 15 is 0 Å². The van der Waals surface area contributed by atoms with E-state index in [-0.39, 0.29) is 11.2 Å². The van der Waals surface area contributed by atoms with Gasteiger partial charge in [0.1, 0.15) is 0 Å². The van der Waals surface area contributed by atoms with E-state index in [2.05, 4.69) is 25.9 Å². The predicted molar refractivity (Wildman–Crippen MR) is 68.3 cm³/mol. The molecule has 0 fully saturated rings. The van der Waals surface area contributed by atoms with Crippen LogP contribution in [0, 0.1) is 5.41 Å². The number of allylic oxidation sites excluding steroid dienone is 2. The Morgan fingerprint density at radius 1 is 1.44 bits per heavy atom. The van der Waals surface area contributed by atoms with Gasteiger partial charge in [-0.1, -0.05) is 24.6 Å². The molecular weight excluding hydrogens is 230 g/mol. The number of carbonyl (C=O) groups is 1. The van der Waals surface area contributed by atoms with Crippen molar-refractivity contribution in [3.63, 3.8) is 0 Å². The molecule has 0 saturated heterocycles. The van der Waals surface area contributed by atoms with Crippen LogP contribution in [0.4, 0.5) is 0 Å². The summed E-state index contributed by atoms with van der Waals surface area (Å²) in [6.45, 7) is 6.41. The second kappa shape index (κ2) is 4.80. The van der Waals surface area contributed by atoms with Gasteiger partial charge in [0.05, 0.1) is 12.0 Å². The van der Waals surface area contributed by atoms with Gasteiger partial charge in [-0.2, -0.15) is 0 Å². The van der Waals surface area contributed by atoms with Gasteiger partial charge in [-0.3, -0.25) is 0 Å². The van der Waals surface area contributed by atoms with Crippen LogP contribution in [0.5, 0.6) is 0 Å². The normalized spacial score (nSPS) is 20.6. The summed E-state index contributed by atoms with van der Waals surface area (Å²) in [7, 11) is 0. The van der Waals surface area contributed by atoms with E-state index in [0.29, 0.717) is 0 Å². The number of carbonyl (C=O) groups excluding carboxylic acids is 1. The first-order valence-electron chi connectivity index (χ1n) is 5.95. The lowest BCUT2D eigenvalue weighted by atomic mass is 9.77. The third-order valence-electron chi connectivity index (χ3n) is 2.80. The topological polar surface area (TPSA) is 51.8 Å². The molecule has 0 N–H and O–H groups in total. The Morgan fingerprint density at radius 3 is 2.83 bits per heavy atom. The van der Waals surface area contributed by atoms with Crippen LogP contribution in [0.25, 0.3) is 0 Å². The van der Waals surface area contributed by atoms with E-state index in [4.69, 9.17) is 9.25 Å². The third kappa shape index (κ3) is 3.09. The average molecular weight is 247 g/mol. The van der Waals surface area contributed by atoms with Crippen molar-refractivity contribution in [3.05, 3.63) is 35.8 Å². The van der Waals surface area contributed by atoms with E-state index in [9.17, 15) is 4.79 Å². The van der Waals surface area contributed by atoms with E-state index < -0.39 is 5.97 Å². The number of hydrogen-bond donors (Lipinski definition) is 0. The molecule has 1 aromatic heterocycles. The minimum Gasteiger partial charge on any atom is -0.457 e. The maximum atomic E-state index is 11.5. The van der Waals surface area contributed by atoms with Gasteiger partial charge in [-0.05, 0) is 43.4 Å². The molecule has 0 amide bonds. The summed E-state index contributed by atoms with van der Waals surface area (Å²) in [5.41, 5.74) is 2.21. The maximum Gasteiger partial charge on any atom is 0.400 e. The molecule has 0 unspecified atom stereocenters. The molecule has 1 aliphatic rings. The highest BCUT2D eigenvalue weighted by Crippen LogP contribution is 2.33. The summed E-state index contributed by atoms with van der Waals surface area (Å²) in [4.78, 5) is 16.4. The Kier molecular flexibility index (Phi) is 3.36. The van der Waals surface area contributed by atoms with Crippen LogP contribution in [-0.4, -0.2) is 11.7 Å². The molecule has 1 aliphatic carbocycles. The summed E-state index contributed by atoms with van der Waals surface area (Å²) in [6, 6.07) is 3.19. The van der Waals surface area contributed by atoms with Crippen LogP contribution in [0.3, 0.4) is 0 Å². The molecule has 1 aromatic rings. The smallest absolute Gasteiger partial charge is 0.400 e. The fraction of sp³-hybridized carbons (Fsp3) is 0.429. The van der Waals surface area contributed by atoms with Crippen molar-refractivity contribution in [2.24, 2.45) is 10.6 Å². The molecule has 0 atom stereocenters. The van der Waals surface area contributed by atoms with E-state index in [1.54, 1.807) is 12.1 Å². The molecule has 0 bridgehead atoms. The molecule has 4 heteroatoms. The molecule has 4 nitrogen and oxygen atoms in total. The lowest BCUT2D eigenvalue weighted by Crippen LogP contribution is -2.21. The zero-order valence-corrected chi connectivity index (χ0v) is 10.9. The maximum absolute atomic E-state index is 11.5. The van der Waals surface area contributed by atoms with Crippen molar-refractivity contribution in [2.75, 3.05) is 0 Å². The molecule has 0 spiro atoms. The van der Waals surface area contributed by atoms with Crippen LogP contribution in [0.1, 0.15) is 44.2 Å². The zero-order chi connectivity index (χ0) is 13.2. The number of rotatable bonds is 2. The molecule has 2 rings (SSSR count). The summed E-state index contributed by atoms with van der Waals surface area (Å²) in [5, 5.41) is 3.92. The van der Waals surface area contributed by atoms with Crippen molar-refractivity contribution < 1.29 is 14.0 Å². The molecule has 96 valence electrons. The fourth-order valence-electron chi connectivity index (χ4n) is 2.29. The third-order valence-corrected chi connectivity index (χ3v) is 2.80. The predicted octanol–water partition coefficient (Wildman–Crippen LogP) is 3.56.